The number of anilines is 1. The second kappa shape index (κ2) is 10.3. The number of benzene rings is 3. The fourth-order valence-electron chi connectivity index (χ4n) is 3.77. The van der Waals surface area contributed by atoms with Crippen molar-refractivity contribution >= 4 is 11.6 Å². The van der Waals surface area contributed by atoms with Gasteiger partial charge in [0.15, 0.2) is 0 Å². The van der Waals surface area contributed by atoms with E-state index in [9.17, 15) is 9.18 Å². The molecule has 1 aliphatic heterocycles. The molecule has 166 valence electrons. The summed E-state index contributed by atoms with van der Waals surface area (Å²) in [5.41, 5.74) is 3.69. The van der Waals surface area contributed by atoms with E-state index in [0.29, 0.717) is 24.5 Å². The fraction of sp³-hybridized carbons (Fsp3) is 0.269. The molecule has 1 N–H and O–H groups in total. The average molecular weight is 434 g/mol. The van der Waals surface area contributed by atoms with Crippen LogP contribution >= 0.6 is 0 Å². The van der Waals surface area contributed by atoms with Crippen LogP contribution in [0.1, 0.15) is 21.5 Å². The highest BCUT2D eigenvalue weighted by molar-refractivity contribution is 5.94. The van der Waals surface area contributed by atoms with Crippen LogP contribution in [0.5, 0.6) is 5.75 Å². The summed E-state index contributed by atoms with van der Waals surface area (Å²) in [4.78, 5) is 17.5. The maximum Gasteiger partial charge on any atom is 0.251 e. The average Bonchev–Trinajstić information content (AvgIpc) is 2.83. The lowest BCUT2D eigenvalue weighted by Crippen LogP contribution is -2.45. The van der Waals surface area contributed by atoms with Crippen molar-refractivity contribution in [3.05, 3.63) is 95.3 Å². The Morgan fingerprint density at radius 1 is 0.969 bits per heavy atom. The van der Waals surface area contributed by atoms with Crippen molar-refractivity contribution in [3.8, 4) is 5.75 Å². The first-order chi connectivity index (χ1) is 15.6. The van der Waals surface area contributed by atoms with Gasteiger partial charge in [0.2, 0.25) is 0 Å². The van der Waals surface area contributed by atoms with Gasteiger partial charge in [-0.15, -0.1) is 0 Å². The van der Waals surface area contributed by atoms with Gasteiger partial charge < -0.3 is 19.9 Å². The number of carbonyl (C=O) groups is 1. The van der Waals surface area contributed by atoms with Crippen molar-refractivity contribution in [1.82, 2.24) is 10.2 Å². The number of para-hydroxylation sites is 1. The zero-order chi connectivity index (χ0) is 22.3. The summed E-state index contributed by atoms with van der Waals surface area (Å²) in [5.74, 6) is 0.173. The van der Waals surface area contributed by atoms with Gasteiger partial charge in [0.1, 0.15) is 18.2 Å². The Morgan fingerprint density at radius 2 is 1.72 bits per heavy atom. The van der Waals surface area contributed by atoms with Gasteiger partial charge in [-0.05, 0) is 54.6 Å². The van der Waals surface area contributed by atoms with Gasteiger partial charge in [-0.1, -0.05) is 36.4 Å². The highest BCUT2D eigenvalue weighted by Crippen LogP contribution is 2.22. The zero-order valence-electron chi connectivity index (χ0n) is 18.3. The number of halogens is 1. The van der Waals surface area contributed by atoms with E-state index in [-0.39, 0.29) is 11.7 Å². The van der Waals surface area contributed by atoms with Gasteiger partial charge in [0.05, 0.1) is 0 Å². The molecular formula is C26H28FN3O2. The number of amides is 1. The molecule has 32 heavy (non-hydrogen) atoms. The standard InChI is InChI=1S/C26H28FN3O2/c1-29-13-15-30(16-14-29)25-8-3-2-5-22(25)18-28-26(31)21-6-4-7-24(17-21)32-19-20-9-11-23(27)12-10-20/h2-12,17H,13-16,18-19H2,1H3,(H,28,31). The summed E-state index contributed by atoms with van der Waals surface area (Å²) in [6.45, 7) is 4.80. The molecule has 3 aromatic rings. The van der Waals surface area contributed by atoms with E-state index in [1.165, 1.54) is 17.8 Å². The molecule has 1 fully saturated rings. The SMILES string of the molecule is CN1CCN(c2ccccc2CNC(=O)c2cccc(OCc3ccc(F)cc3)c2)CC1. The number of likely N-dealkylation sites (N-methyl/N-ethyl adjacent to an activating group) is 1. The fourth-order valence-corrected chi connectivity index (χ4v) is 3.77. The first-order valence-corrected chi connectivity index (χ1v) is 10.9. The Labute approximate surface area is 188 Å². The molecule has 0 aromatic heterocycles. The molecule has 0 bridgehead atoms. The zero-order valence-corrected chi connectivity index (χ0v) is 18.3. The topological polar surface area (TPSA) is 44.8 Å². The van der Waals surface area contributed by atoms with Crippen molar-refractivity contribution in [2.45, 2.75) is 13.2 Å². The predicted octanol–water partition coefficient (Wildman–Crippen LogP) is 4.09. The largest absolute Gasteiger partial charge is 0.489 e. The molecule has 0 saturated carbocycles. The molecule has 0 atom stereocenters. The summed E-state index contributed by atoms with van der Waals surface area (Å²) in [5, 5.41) is 3.04. The second-order valence-corrected chi connectivity index (χ2v) is 8.04. The van der Waals surface area contributed by atoms with Crippen molar-refractivity contribution in [2.24, 2.45) is 0 Å². The predicted molar refractivity (Wildman–Crippen MR) is 124 cm³/mol. The second-order valence-electron chi connectivity index (χ2n) is 8.04. The Hall–Kier alpha value is -3.38. The third-order valence-corrected chi connectivity index (χ3v) is 5.69. The van der Waals surface area contributed by atoms with E-state index in [1.54, 1.807) is 30.3 Å². The molecule has 0 spiro atoms. The number of ether oxygens (including phenoxy) is 1. The molecule has 6 heteroatoms. The van der Waals surface area contributed by atoms with Gasteiger partial charge in [-0.3, -0.25) is 4.79 Å². The van der Waals surface area contributed by atoms with Crippen molar-refractivity contribution in [3.63, 3.8) is 0 Å². The third-order valence-electron chi connectivity index (χ3n) is 5.69. The van der Waals surface area contributed by atoms with Crippen molar-refractivity contribution in [2.75, 3.05) is 38.1 Å². The molecule has 0 aliphatic carbocycles. The molecule has 1 saturated heterocycles. The number of piperazine rings is 1. The van der Waals surface area contributed by atoms with E-state index in [1.807, 2.05) is 18.2 Å². The number of rotatable bonds is 7. The van der Waals surface area contributed by atoms with E-state index in [4.69, 9.17) is 4.74 Å². The van der Waals surface area contributed by atoms with Crippen LogP contribution < -0.4 is 15.0 Å². The Balaban J connectivity index is 1.36. The highest BCUT2D eigenvalue weighted by Gasteiger charge is 2.17. The Bertz CT molecular complexity index is 1050. The quantitative estimate of drug-likeness (QED) is 0.610. The highest BCUT2D eigenvalue weighted by atomic mass is 19.1. The van der Waals surface area contributed by atoms with E-state index < -0.39 is 0 Å². The molecule has 4 rings (SSSR count). The lowest BCUT2D eigenvalue weighted by Gasteiger charge is -2.35. The number of nitrogens with one attached hydrogen (secondary N) is 1. The maximum absolute atomic E-state index is 13.0. The molecule has 1 amide bonds. The minimum atomic E-state index is -0.276. The van der Waals surface area contributed by atoms with E-state index in [2.05, 4.69) is 34.3 Å². The van der Waals surface area contributed by atoms with Gasteiger partial charge in [-0.2, -0.15) is 0 Å². The maximum atomic E-state index is 13.0. The summed E-state index contributed by atoms with van der Waals surface area (Å²) in [7, 11) is 2.14. The molecule has 0 unspecified atom stereocenters. The third kappa shape index (κ3) is 5.65. The van der Waals surface area contributed by atoms with Crippen LogP contribution in [-0.4, -0.2) is 44.0 Å². The van der Waals surface area contributed by atoms with Gasteiger partial charge in [0, 0.05) is 44.0 Å². The number of carbonyl (C=O) groups excluding carboxylic acids is 1. The Morgan fingerprint density at radius 3 is 2.50 bits per heavy atom. The van der Waals surface area contributed by atoms with E-state index in [0.717, 1.165) is 37.3 Å². The van der Waals surface area contributed by atoms with Crippen LogP contribution in [0, 0.1) is 5.82 Å². The molecular weight excluding hydrogens is 405 g/mol. The monoisotopic (exact) mass is 433 g/mol. The smallest absolute Gasteiger partial charge is 0.251 e. The molecule has 0 radical (unpaired) electrons. The summed E-state index contributed by atoms with van der Waals surface area (Å²) in [6.07, 6.45) is 0. The lowest BCUT2D eigenvalue weighted by molar-refractivity contribution is 0.0950. The molecule has 1 aliphatic rings. The molecule has 3 aromatic carbocycles. The molecule has 5 nitrogen and oxygen atoms in total. The number of hydrogen-bond donors (Lipinski definition) is 1. The van der Waals surface area contributed by atoms with Gasteiger partial charge >= 0.3 is 0 Å². The van der Waals surface area contributed by atoms with Crippen LogP contribution in [0.25, 0.3) is 0 Å². The van der Waals surface area contributed by atoms with Crippen LogP contribution in [0.2, 0.25) is 0 Å². The Kier molecular flexibility index (Phi) is 7.02. The van der Waals surface area contributed by atoms with Gasteiger partial charge in [-0.25, -0.2) is 4.39 Å². The summed E-state index contributed by atoms with van der Waals surface area (Å²) in [6, 6.07) is 21.5. The van der Waals surface area contributed by atoms with Crippen molar-refractivity contribution in [1.29, 1.82) is 0 Å². The van der Waals surface area contributed by atoms with Crippen LogP contribution in [-0.2, 0) is 13.2 Å². The van der Waals surface area contributed by atoms with Gasteiger partial charge in [0.25, 0.3) is 5.91 Å². The minimum absolute atomic E-state index is 0.148. The summed E-state index contributed by atoms with van der Waals surface area (Å²) >= 11 is 0. The van der Waals surface area contributed by atoms with Crippen LogP contribution in [0.4, 0.5) is 10.1 Å². The first-order valence-electron chi connectivity index (χ1n) is 10.9. The lowest BCUT2D eigenvalue weighted by atomic mass is 10.1. The first kappa shape index (κ1) is 21.8. The van der Waals surface area contributed by atoms with Crippen LogP contribution in [0.15, 0.2) is 72.8 Å². The van der Waals surface area contributed by atoms with Crippen molar-refractivity contribution < 1.29 is 13.9 Å². The number of hydrogen-bond acceptors (Lipinski definition) is 4. The normalized spacial score (nSPS) is 14.2. The molecule has 1 heterocycles. The summed E-state index contributed by atoms with van der Waals surface area (Å²) < 4.78 is 18.8. The van der Waals surface area contributed by atoms with E-state index >= 15 is 0 Å². The minimum Gasteiger partial charge on any atom is -0.489 e. The number of nitrogens with zero attached hydrogens (tertiary/aromatic N) is 2. The van der Waals surface area contributed by atoms with Crippen LogP contribution in [0.3, 0.4) is 0 Å².